The molecule has 0 saturated heterocycles. The number of anilines is 3. The Hall–Kier alpha value is -2.57. The predicted octanol–water partition coefficient (Wildman–Crippen LogP) is 1.50. The molecule has 7 heteroatoms. The number of nitrogens with two attached hydrogens (primary N) is 1. The van der Waals surface area contributed by atoms with Gasteiger partial charge in [-0.15, -0.1) is 0 Å². The first-order chi connectivity index (χ1) is 10.1. The number of hydrogen-bond acceptors (Lipinski definition) is 6. The van der Waals surface area contributed by atoms with Crippen LogP contribution < -0.4 is 16.4 Å². The highest BCUT2D eigenvalue weighted by Crippen LogP contribution is 2.30. The highest BCUT2D eigenvalue weighted by molar-refractivity contribution is 5.95. The van der Waals surface area contributed by atoms with E-state index >= 15 is 0 Å². The van der Waals surface area contributed by atoms with Crippen LogP contribution in [0.5, 0.6) is 0 Å². The van der Waals surface area contributed by atoms with Gasteiger partial charge in [-0.2, -0.15) is 4.98 Å². The summed E-state index contributed by atoms with van der Waals surface area (Å²) in [7, 11) is 0. The highest BCUT2D eigenvalue weighted by Gasteiger charge is 2.16. The van der Waals surface area contributed by atoms with Gasteiger partial charge in [-0.1, -0.05) is 5.16 Å². The molecule has 0 saturated carbocycles. The molecule has 21 heavy (non-hydrogen) atoms. The molecule has 110 valence electrons. The van der Waals surface area contributed by atoms with Crippen molar-refractivity contribution in [1.29, 1.82) is 0 Å². The molecule has 3 rings (SSSR count). The number of hydrogen-bond donors (Lipinski definition) is 3. The summed E-state index contributed by atoms with van der Waals surface area (Å²) in [5.41, 5.74) is 9.41. The third-order valence-electron chi connectivity index (χ3n) is 3.39. The van der Waals surface area contributed by atoms with Crippen LogP contribution in [0.3, 0.4) is 0 Å². The Morgan fingerprint density at radius 3 is 3.05 bits per heavy atom. The predicted molar refractivity (Wildman–Crippen MR) is 79.0 cm³/mol. The maximum absolute atomic E-state index is 11.4. The number of benzene rings is 1. The smallest absolute Gasteiger partial charge is 0.228 e. The van der Waals surface area contributed by atoms with Gasteiger partial charge in [0, 0.05) is 25.1 Å². The van der Waals surface area contributed by atoms with Crippen LogP contribution in [0.25, 0.3) is 0 Å². The van der Waals surface area contributed by atoms with Gasteiger partial charge in [0.2, 0.25) is 11.8 Å². The first-order valence-corrected chi connectivity index (χ1v) is 6.87. The third-order valence-corrected chi connectivity index (χ3v) is 3.39. The topological polar surface area (TPSA) is 106 Å². The summed E-state index contributed by atoms with van der Waals surface area (Å²) in [6.45, 7) is 2.41. The molecular formula is C14H17N5O2. The van der Waals surface area contributed by atoms with Crippen LogP contribution in [0, 0.1) is 6.92 Å². The van der Waals surface area contributed by atoms with Crippen molar-refractivity contribution < 1.29 is 9.32 Å². The lowest BCUT2D eigenvalue weighted by molar-refractivity contribution is -0.116. The molecule has 0 aliphatic carbocycles. The minimum atomic E-state index is 0.0413. The van der Waals surface area contributed by atoms with Gasteiger partial charge < -0.3 is 20.9 Å². The van der Waals surface area contributed by atoms with Crippen molar-refractivity contribution in [2.24, 2.45) is 0 Å². The molecule has 0 bridgehead atoms. The van der Waals surface area contributed by atoms with Crippen LogP contribution >= 0.6 is 0 Å². The molecule has 2 aromatic rings. The molecule has 1 aliphatic rings. The number of carbonyl (C=O) groups is 1. The zero-order chi connectivity index (χ0) is 14.8. The number of carbonyl (C=O) groups excluding carboxylic acids is 1. The number of nitrogens with zero attached hydrogens (tertiary/aromatic N) is 2. The van der Waals surface area contributed by atoms with Gasteiger partial charge in [-0.25, -0.2) is 0 Å². The Labute approximate surface area is 121 Å². The molecule has 0 radical (unpaired) electrons. The summed E-state index contributed by atoms with van der Waals surface area (Å²) >= 11 is 0. The lowest BCUT2D eigenvalue weighted by Gasteiger charge is -2.19. The fourth-order valence-corrected chi connectivity index (χ4v) is 2.35. The van der Waals surface area contributed by atoms with Crippen LogP contribution in [-0.2, 0) is 17.6 Å². The van der Waals surface area contributed by atoms with E-state index in [4.69, 9.17) is 10.3 Å². The second kappa shape index (κ2) is 5.43. The molecule has 0 fully saturated rings. The number of aromatic nitrogens is 2. The van der Waals surface area contributed by atoms with Crippen molar-refractivity contribution in [3.05, 3.63) is 29.4 Å². The van der Waals surface area contributed by atoms with Gasteiger partial charge in [-0.3, -0.25) is 4.79 Å². The first-order valence-electron chi connectivity index (χ1n) is 6.87. The van der Waals surface area contributed by atoms with Gasteiger partial charge >= 0.3 is 0 Å². The lowest BCUT2D eigenvalue weighted by atomic mass is 10.0. The fourth-order valence-electron chi connectivity index (χ4n) is 2.35. The summed E-state index contributed by atoms with van der Waals surface area (Å²) < 4.78 is 5.05. The van der Waals surface area contributed by atoms with Crippen molar-refractivity contribution in [3.8, 4) is 0 Å². The zero-order valence-electron chi connectivity index (χ0n) is 11.8. The van der Waals surface area contributed by atoms with Crippen molar-refractivity contribution in [2.45, 2.75) is 26.2 Å². The Bertz CT molecular complexity index is 680. The number of nitrogen functional groups attached to an aromatic ring is 1. The Morgan fingerprint density at radius 2 is 2.29 bits per heavy atom. The minimum absolute atomic E-state index is 0.0413. The maximum atomic E-state index is 11.4. The van der Waals surface area contributed by atoms with E-state index in [1.807, 2.05) is 12.1 Å². The summed E-state index contributed by atoms with van der Waals surface area (Å²) in [5, 5.41) is 9.83. The van der Waals surface area contributed by atoms with E-state index in [0.717, 1.165) is 23.4 Å². The average Bonchev–Trinajstić information content (AvgIpc) is 2.85. The van der Waals surface area contributed by atoms with Crippen molar-refractivity contribution in [1.82, 2.24) is 10.1 Å². The molecule has 4 N–H and O–H groups in total. The number of amides is 1. The molecule has 7 nitrogen and oxygen atoms in total. The van der Waals surface area contributed by atoms with E-state index in [0.29, 0.717) is 36.8 Å². The molecule has 1 aromatic heterocycles. The number of nitrogens with one attached hydrogen (secondary N) is 2. The average molecular weight is 287 g/mol. The number of fused-ring (bicyclic) bond motifs is 1. The molecule has 2 heterocycles. The normalized spacial score (nSPS) is 13.7. The van der Waals surface area contributed by atoms with Crippen LogP contribution in [0.1, 0.15) is 23.7 Å². The second-order valence-corrected chi connectivity index (χ2v) is 5.06. The molecule has 0 spiro atoms. The molecule has 0 atom stereocenters. The van der Waals surface area contributed by atoms with E-state index < -0.39 is 0 Å². The summed E-state index contributed by atoms with van der Waals surface area (Å²) in [6.07, 6.45) is 1.85. The molecular weight excluding hydrogens is 270 g/mol. The zero-order valence-corrected chi connectivity index (χ0v) is 11.8. The first kappa shape index (κ1) is 13.4. The van der Waals surface area contributed by atoms with E-state index in [1.165, 1.54) is 0 Å². The third kappa shape index (κ3) is 2.96. The molecule has 1 amide bonds. The second-order valence-electron chi connectivity index (χ2n) is 5.06. The van der Waals surface area contributed by atoms with Crippen molar-refractivity contribution in [2.75, 3.05) is 22.9 Å². The summed E-state index contributed by atoms with van der Waals surface area (Å²) in [4.78, 5) is 15.6. The van der Waals surface area contributed by atoms with E-state index in [-0.39, 0.29) is 5.91 Å². The summed E-state index contributed by atoms with van der Waals surface area (Å²) in [6, 6.07) is 3.79. The van der Waals surface area contributed by atoms with Crippen LogP contribution in [0.2, 0.25) is 0 Å². The van der Waals surface area contributed by atoms with E-state index in [1.54, 1.807) is 6.92 Å². The quantitative estimate of drug-likeness (QED) is 0.736. The molecule has 1 aliphatic heterocycles. The summed E-state index contributed by atoms with van der Waals surface area (Å²) in [5.74, 6) is 1.25. The van der Waals surface area contributed by atoms with E-state index in [2.05, 4.69) is 20.8 Å². The Morgan fingerprint density at radius 1 is 1.43 bits per heavy atom. The van der Waals surface area contributed by atoms with Crippen LogP contribution in [0.4, 0.5) is 17.1 Å². The number of aryl methyl sites for hydroxylation is 2. The fraction of sp³-hybridized carbons (Fsp3) is 0.357. The highest BCUT2D eigenvalue weighted by atomic mass is 16.5. The van der Waals surface area contributed by atoms with Crippen LogP contribution in [0.15, 0.2) is 16.7 Å². The van der Waals surface area contributed by atoms with E-state index in [9.17, 15) is 4.79 Å². The largest absolute Gasteiger partial charge is 0.397 e. The lowest BCUT2D eigenvalue weighted by Crippen LogP contribution is -2.19. The maximum Gasteiger partial charge on any atom is 0.228 e. The Balaban J connectivity index is 1.67. The van der Waals surface area contributed by atoms with Gasteiger partial charge in [0.15, 0.2) is 5.82 Å². The van der Waals surface area contributed by atoms with Gasteiger partial charge in [0.25, 0.3) is 0 Å². The molecule has 0 unspecified atom stereocenters. The van der Waals surface area contributed by atoms with Crippen molar-refractivity contribution in [3.63, 3.8) is 0 Å². The SMILES string of the molecule is Cc1noc(CCNc2cc3c(cc2N)CCC(=O)N3)n1. The van der Waals surface area contributed by atoms with Gasteiger partial charge in [0.1, 0.15) is 0 Å². The Kier molecular flexibility index (Phi) is 3.47. The van der Waals surface area contributed by atoms with Gasteiger partial charge in [-0.05, 0) is 31.0 Å². The minimum Gasteiger partial charge on any atom is -0.397 e. The number of rotatable bonds is 4. The van der Waals surface area contributed by atoms with Gasteiger partial charge in [0.05, 0.1) is 11.4 Å². The van der Waals surface area contributed by atoms with Crippen molar-refractivity contribution >= 4 is 23.0 Å². The standard InChI is InChI=1S/C14H17N5O2/c1-8-17-14(21-19-8)4-5-16-12-7-11-9(6-10(12)15)2-3-13(20)18-11/h6-7,16H,2-5,15H2,1H3,(H,18,20). The molecule has 1 aromatic carbocycles. The monoisotopic (exact) mass is 287 g/mol. The van der Waals surface area contributed by atoms with Crippen LogP contribution in [-0.4, -0.2) is 22.6 Å².